The van der Waals surface area contributed by atoms with Crippen LogP contribution in [0.5, 0.6) is 0 Å². The highest BCUT2D eigenvalue weighted by Crippen LogP contribution is 2.20. The van der Waals surface area contributed by atoms with Gasteiger partial charge >= 0.3 is 0 Å². The zero-order valence-electron chi connectivity index (χ0n) is 9.44. The first-order valence-electron chi connectivity index (χ1n) is 5.54. The van der Waals surface area contributed by atoms with E-state index in [4.69, 9.17) is 10.2 Å². The summed E-state index contributed by atoms with van der Waals surface area (Å²) in [6.07, 6.45) is 3.51. The number of aromatic nitrogens is 1. The smallest absolute Gasteiger partial charge is 0.181 e. The molecule has 0 saturated carbocycles. The van der Waals surface area contributed by atoms with E-state index in [0.29, 0.717) is 0 Å². The fourth-order valence-electron chi connectivity index (χ4n) is 1.77. The van der Waals surface area contributed by atoms with E-state index in [0.717, 1.165) is 36.0 Å². The third-order valence-corrected chi connectivity index (χ3v) is 2.73. The number of nitrogens with one attached hydrogen (secondary N) is 1. The van der Waals surface area contributed by atoms with Gasteiger partial charge in [-0.15, -0.1) is 0 Å². The molecule has 0 bridgehead atoms. The van der Waals surface area contributed by atoms with Crippen LogP contribution in [0.1, 0.15) is 24.4 Å². The van der Waals surface area contributed by atoms with Crippen molar-refractivity contribution in [3.63, 3.8) is 0 Å². The summed E-state index contributed by atoms with van der Waals surface area (Å²) in [5, 5.41) is 3.12. The molecular weight excluding hydrogens is 202 g/mol. The lowest BCUT2D eigenvalue weighted by atomic mass is 10.0. The summed E-state index contributed by atoms with van der Waals surface area (Å²) < 4.78 is 5.26. The largest absolute Gasteiger partial charge is 0.443 e. The Balaban J connectivity index is 2.07. The molecule has 0 fully saturated rings. The molecule has 86 valence electrons. The van der Waals surface area contributed by atoms with E-state index in [1.807, 2.05) is 25.2 Å². The van der Waals surface area contributed by atoms with Crippen molar-refractivity contribution in [2.45, 2.75) is 18.9 Å². The molecule has 4 nitrogen and oxygen atoms in total. The van der Waals surface area contributed by atoms with Crippen molar-refractivity contribution in [2.75, 3.05) is 13.6 Å². The van der Waals surface area contributed by atoms with Gasteiger partial charge in [-0.3, -0.25) is 0 Å². The zero-order valence-corrected chi connectivity index (χ0v) is 9.44. The van der Waals surface area contributed by atoms with Gasteiger partial charge in [0.2, 0.25) is 0 Å². The van der Waals surface area contributed by atoms with Crippen LogP contribution in [0.3, 0.4) is 0 Å². The van der Waals surface area contributed by atoms with E-state index in [-0.39, 0.29) is 6.04 Å². The second kappa shape index (κ2) is 5.09. The molecule has 2 rings (SSSR count). The number of nitrogens with zero attached hydrogens (tertiary/aromatic N) is 1. The van der Waals surface area contributed by atoms with Gasteiger partial charge in [0.1, 0.15) is 5.52 Å². The molecule has 1 unspecified atom stereocenters. The van der Waals surface area contributed by atoms with Crippen molar-refractivity contribution in [1.29, 1.82) is 0 Å². The van der Waals surface area contributed by atoms with Gasteiger partial charge in [0.05, 0.1) is 0 Å². The molecule has 2 aromatic rings. The zero-order chi connectivity index (χ0) is 11.4. The van der Waals surface area contributed by atoms with Gasteiger partial charge in [-0.05, 0) is 44.1 Å². The molecule has 1 atom stereocenters. The van der Waals surface area contributed by atoms with Crippen molar-refractivity contribution in [3.8, 4) is 0 Å². The Labute approximate surface area is 94.8 Å². The number of hydrogen-bond acceptors (Lipinski definition) is 4. The van der Waals surface area contributed by atoms with Gasteiger partial charge in [-0.25, -0.2) is 4.98 Å². The number of hydrogen-bond donors (Lipinski definition) is 2. The van der Waals surface area contributed by atoms with Crippen LogP contribution in [0.15, 0.2) is 29.0 Å². The highest BCUT2D eigenvalue weighted by atomic mass is 16.3. The van der Waals surface area contributed by atoms with Crippen molar-refractivity contribution < 1.29 is 4.42 Å². The molecule has 0 aliphatic heterocycles. The SMILES string of the molecule is CNCCCC(N)c1ccc2ncoc2c1. The quantitative estimate of drug-likeness (QED) is 0.753. The fourth-order valence-corrected chi connectivity index (χ4v) is 1.77. The second-order valence-electron chi connectivity index (χ2n) is 3.93. The van der Waals surface area contributed by atoms with Crippen LogP contribution in [0.25, 0.3) is 11.1 Å². The highest BCUT2D eigenvalue weighted by Gasteiger charge is 2.07. The minimum atomic E-state index is 0.0721. The molecular formula is C12H17N3O. The Hall–Kier alpha value is -1.39. The number of nitrogens with two attached hydrogens (primary N) is 1. The van der Waals surface area contributed by atoms with Gasteiger partial charge in [0.25, 0.3) is 0 Å². The Morgan fingerprint density at radius 3 is 3.19 bits per heavy atom. The van der Waals surface area contributed by atoms with Crippen molar-refractivity contribution in [2.24, 2.45) is 5.73 Å². The standard InChI is InChI=1S/C12H17N3O/c1-14-6-2-3-10(13)9-4-5-11-12(7-9)16-8-15-11/h4-5,7-8,10,14H,2-3,6,13H2,1H3. The van der Waals surface area contributed by atoms with Crippen LogP contribution in [0, 0.1) is 0 Å². The van der Waals surface area contributed by atoms with Gasteiger partial charge in [0, 0.05) is 6.04 Å². The molecule has 0 aliphatic carbocycles. The van der Waals surface area contributed by atoms with E-state index in [1.165, 1.54) is 6.39 Å². The maximum absolute atomic E-state index is 6.11. The average molecular weight is 219 g/mol. The van der Waals surface area contributed by atoms with Crippen LogP contribution in [-0.2, 0) is 0 Å². The van der Waals surface area contributed by atoms with E-state index >= 15 is 0 Å². The normalized spacial score (nSPS) is 13.1. The molecule has 1 aromatic heterocycles. The summed E-state index contributed by atoms with van der Waals surface area (Å²) in [6.45, 7) is 0.998. The second-order valence-corrected chi connectivity index (χ2v) is 3.93. The Morgan fingerprint density at radius 1 is 1.50 bits per heavy atom. The Bertz CT molecular complexity index is 452. The molecule has 3 N–H and O–H groups in total. The lowest BCUT2D eigenvalue weighted by Gasteiger charge is -2.11. The number of oxazole rings is 1. The minimum Gasteiger partial charge on any atom is -0.443 e. The lowest BCUT2D eigenvalue weighted by Crippen LogP contribution is -2.14. The third-order valence-electron chi connectivity index (χ3n) is 2.73. The van der Waals surface area contributed by atoms with Crippen LogP contribution in [0.4, 0.5) is 0 Å². The summed E-state index contributed by atoms with van der Waals surface area (Å²) in [5.41, 5.74) is 8.90. The number of rotatable bonds is 5. The molecule has 0 spiro atoms. The van der Waals surface area contributed by atoms with Crippen LogP contribution in [0.2, 0.25) is 0 Å². The van der Waals surface area contributed by atoms with Crippen molar-refractivity contribution >= 4 is 11.1 Å². The molecule has 1 heterocycles. The number of benzene rings is 1. The summed E-state index contributed by atoms with van der Waals surface area (Å²) in [5.74, 6) is 0. The first kappa shape index (κ1) is 11.1. The molecule has 1 aromatic carbocycles. The van der Waals surface area contributed by atoms with Crippen molar-refractivity contribution in [1.82, 2.24) is 10.3 Å². The first-order chi connectivity index (χ1) is 7.81. The molecule has 0 radical (unpaired) electrons. The van der Waals surface area contributed by atoms with E-state index in [2.05, 4.69) is 10.3 Å². The monoisotopic (exact) mass is 219 g/mol. The predicted molar refractivity (Wildman–Crippen MR) is 64.1 cm³/mol. The topological polar surface area (TPSA) is 64.1 Å². The van der Waals surface area contributed by atoms with E-state index < -0.39 is 0 Å². The summed E-state index contributed by atoms with van der Waals surface area (Å²) in [7, 11) is 1.95. The molecule has 0 aliphatic rings. The van der Waals surface area contributed by atoms with E-state index in [9.17, 15) is 0 Å². The lowest BCUT2D eigenvalue weighted by molar-refractivity contribution is 0.584. The summed E-state index contributed by atoms with van der Waals surface area (Å²) in [4.78, 5) is 4.08. The van der Waals surface area contributed by atoms with Crippen molar-refractivity contribution in [3.05, 3.63) is 30.2 Å². The maximum Gasteiger partial charge on any atom is 0.181 e. The summed E-state index contributed by atoms with van der Waals surface area (Å²) >= 11 is 0. The van der Waals surface area contributed by atoms with Gasteiger partial charge < -0.3 is 15.5 Å². The van der Waals surface area contributed by atoms with E-state index in [1.54, 1.807) is 0 Å². The molecule has 16 heavy (non-hydrogen) atoms. The third kappa shape index (κ3) is 2.40. The Kier molecular flexibility index (Phi) is 3.54. The predicted octanol–water partition coefficient (Wildman–Crippen LogP) is 1.83. The van der Waals surface area contributed by atoms with Gasteiger partial charge in [0.15, 0.2) is 12.0 Å². The van der Waals surface area contributed by atoms with Crippen LogP contribution in [-0.4, -0.2) is 18.6 Å². The fraction of sp³-hybridized carbons (Fsp3) is 0.417. The molecule has 4 heteroatoms. The van der Waals surface area contributed by atoms with Crippen LogP contribution < -0.4 is 11.1 Å². The van der Waals surface area contributed by atoms with Gasteiger partial charge in [-0.2, -0.15) is 0 Å². The minimum absolute atomic E-state index is 0.0721. The van der Waals surface area contributed by atoms with Crippen LogP contribution >= 0.6 is 0 Å². The molecule has 0 saturated heterocycles. The van der Waals surface area contributed by atoms with Gasteiger partial charge in [-0.1, -0.05) is 6.07 Å². The Morgan fingerprint density at radius 2 is 2.38 bits per heavy atom. The summed E-state index contributed by atoms with van der Waals surface area (Å²) in [6, 6.07) is 6.02. The maximum atomic E-state index is 6.11. The highest BCUT2D eigenvalue weighted by molar-refractivity contribution is 5.72. The first-order valence-corrected chi connectivity index (χ1v) is 5.54. The molecule has 0 amide bonds. The number of fused-ring (bicyclic) bond motifs is 1. The average Bonchev–Trinajstić information content (AvgIpc) is 2.76.